The largest absolute Gasteiger partial charge is 0.444 e. The van der Waals surface area contributed by atoms with E-state index in [-0.39, 0.29) is 5.75 Å². The van der Waals surface area contributed by atoms with Gasteiger partial charge in [0.2, 0.25) is 0 Å². The first-order chi connectivity index (χ1) is 9.39. The molecule has 20 heavy (non-hydrogen) atoms. The van der Waals surface area contributed by atoms with Crippen LogP contribution < -0.4 is 10.1 Å². The van der Waals surface area contributed by atoms with E-state index in [9.17, 15) is 13.2 Å². The molecule has 4 nitrogen and oxygen atoms in total. The molecule has 0 aromatic heterocycles. The van der Waals surface area contributed by atoms with E-state index in [1.54, 1.807) is 12.4 Å². The summed E-state index contributed by atoms with van der Waals surface area (Å²) in [5.74, 6) is -0.254. The molecule has 0 spiro atoms. The van der Waals surface area contributed by atoms with Gasteiger partial charge < -0.3 is 4.74 Å². The lowest BCUT2D eigenvalue weighted by molar-refractivity contribution is -0.199. The van der Waals surface area contributed by atoms with Crippen LogP contribution in [0.4, 0.5) is 18.9 Å². The number of hydrogen-bond donors (Lipinski definition) is 1. The Bertz CT molecular complexity index is 517. The molecule has 0 bridgehead atoms. The fourth-order valence-electron chi connectivity index (χ4n) is 1.08. The lowest BCUT2D eigenvalue weighted by Gasteiger charge is -2.17. The third kappa shape index (κ3) is 4.83. The molecule has 0 amide bonds. The Hall–Kier alpha value is -1.59. The Morgan fingerprint density at radius 1 is 1.50 bits per heavy atom. The molecule has 108 valence electrons. The van der Waals surface area contributed by atoms with E-state index in [1.807, 2.05) is 0 Å². The second-order valence-corrected chi connectivity index (χ2v) is 4.49. The Morgan fingerprint density at radius 2 is 2.10 bits per heavy atom. The summed E-state index contributed by atoms with van der Waals surface area (Å²) in [6.45, 7) is 0. The standard InChI is InChI=1S/C11H9ClF3N3OS/c1-20-10(17-6-16)18-7-2-4-8(5-3-7)19-11(14,15)9(12)13/h2-5,9H,1H3,(H,17,18). The van der Waals surface area contributed by atoms with E-state index in [0.29, 0.717) is 10.9 Å². The van der Waals surface area contributed by atoms with Crippen LogP contribution in [0.2, 0.25) is 0 Å². The molecule has 0 fully saturated rings. The van der Waals surface area contributed by atoms with E-state index < -0.39 is 11.7 Å². The second-order valence-electron chi connectivity index (χ2n) is 3.32. The molecule has 0 radical (unpaired) electrons. The van der Waals surface area contributed by atoms with Crippen molar-refractivity contribution in [1.29, 1.82) is 5.26 Å². The summed E-state index contributed by atoms with van der Waals surface area (Å²) in [5, 5.41) is 11.2. The Balaban J connectivity index is 2.82. The molecule has 0 heterocycles. The first kappa shape index (κ1) is 16.5. The van der Waals surface area contributed by atoms with Gasteiger partial charge in [-0.15, -0.1) is 0 Å². The maximum Gasteiger partial charge on any atom is 0.444 e. The summed E-state index contributed by atoms with van der Waals surface area (Å²) in [6, 6.07) is 5.14. The summed E-state index contributed by atoms with van der Waals surface area (Å²) >= 11 is 5.87. The molecule has 1 unspecified atom stereocenters. The number of aliphatic imine (C=N–C) groups is 1. The van der Waals surface area contributed by atoms with Gasteiger partial charge in [0.1, 0.15) is 5.75 Å². The molecule has 1 aromatic carbocycles. The molecule has 1 rings (SSSR count). The third-order valence-corrected chi connectivity index (χ3v) is 2.77. The number of halogens is 4. The van der Waals surface area contributed by atoms with Crippen molar-refractivity contribution < 1.29 is 17.9 Å². The molecule has 0 aliphatic carbocycles. The van der Waals surface area contributed by atoms with E-state index in [0.717, 1.165) is 0 Å². The van der Waals surface area contributed by atoms with Gasteiger partial charge in [-0.2, -0.15) is 14.0 Å². The quantitative estimate of drug-likeness (QED) is 0.302. The van der Waals surface area contributed by atoms with Gasteiger partial charge in [-0.1, -0.05) is 23.4 Å². The lowest BCUT2D eigenvalue weighted by Crippen LogP contribution is -2.32. The molecule has 9 heteroatoms. The number of nitrogens with zero attached hydrogens (tertiary/aromatic N) is 2. The number of benzene rings is 1. The molecule has 0 saturated heterocycles. The molecular formula is C11H9ClF3N3OS. The minimum absolute atomic E-state index is 0.254. The van der Waals surface area contributed by atoms with Gasteiger partial charge in [0, 0.05) is 0 Å². The number of nitriles is 1. The van der Waals surface area contributed by atoms with Crippen LogP contribution in [0.25, 0.3) is 0 Å². The highest BCUT2D eigenvalue weighted by Gasteiger charge is 2.42. The van der Waals surface area contributed by atoms with Crippen LogP contribution in [0.5, 0.6) is 5.75 Å². The average Bonchev–Trinajstić information content (AvgIpc) is 2.40. The normalized spacial score (nSPS) is 13.5. The van der Waals surface area contributed by atoms with Gasteiger partial charge >= 0.3 is 6.11 Å². The summed E-state index contributed by atoms with van der Waals surface area (Å²) in [4.78, 5) is 4.04. The van der Waals surface area contributed by atoms with Crippen molar-refractivity contribution in [2.45, 2.75) is 11.7 Å². The maximum atomic E-state index is 12.9. The smallest absolute Gasteiger partial charge is 0.429 e. The molecule has 0 aliphatic rings. The zero-order chi connectivity index (χ0) is 15.2. The van der Waals surface area contributed by atoms with Gasteiger partial charge in [-0.25, -0.2) is 9.38 Å². The summed E-state index contributed by atoms with van der Waals surface area (Å²) in [5.41, 5.74) is -2.53. The van der Waals surface area contributed by atoms with E-state index >= 15 is 0 Å². The first-order valence-electron chi connectivity index (χ1n) is 5.12. The highest BCUT2D eigenvalue weighted by atomic mass is 35.5. The van der Waals surface area contributed by atoms with E-state index in [1.165, 1.54) is 36.0 Å². The zero-order valence-electron chi connectivity index (χ0n) is 10.1. The van der Waals surface area contributed by atoms with Crippen molar-refractivity contribution in [3.8, 4) is 11.9 Å². The van der Waals surface area contributed by atoms with Crippen LogP contribution in [0.3, 0.4) is 0 Å². The van der Waals surface area contributed by atoms with Crippen molar-refractivity contribution in [3.05, 3.63) is 24.3 Å². The number of rotatable bonds is 4. The number of hydrogen-bond acceptors (Lipinski definition) is 4. The van der Waals surface area contributed by atoms with Gasteiger partial charge in [-0.05, 0) is 30.5 Å². The van der Waals surface area contributed by atoms with Crippen LogP contribution in [0.1, 0.15) is 0 Å². The van der Waals surface area contributed by atoms with Gasteiger partial charge in [0.25, 0.3) is 5.63 Å². The molecule has 0 aliphatic heterocycles. The highest BCUT2D eigenvalue weighted by Crippen LogP contribution is 2.29. The molecule has 1 N–H and O–H groups in total. The second kappa shape index (κ2) is 7.26. The minimum Gasteiger partial charge on any atom is -0.429 e. The Kier molecular flexibility index (Phi) is 5.98. The number of nitrogens with one attached hydrogen (secondary N) is 1. The van der Waals surface area contributed by atoms with Crippen LogP contribution >= 0.6 is 23.4 Å². The SMILES string of the molecule is CSC(=Nc1ccc(OC(F)(F)C(F)Cl)cc1)NC#N. The van der Waals surface area contributed by atoms with Gasteiger partial charge in [0.05, 0.1) is 5.69 Å². The molecular weight excluding hydrogens is 315 g/mol. The maximum absolute atomic E-state index is 12.9. The van der Waals surface area contributed by atoms with Gasteiger partial charge in [-0.3, -0.25) is 5.32 Å². The number of ether oxygens (including phenoxy) is 1. The fraction of sp³-hybridized carbons (Fsp3) is 0.273. The Morgan fingerprint density at radius 3 is 2.55 bits per heavy atom. The molecule has 1 atom stereocenters. The predicted octanol–water partition coefficient (Wildman–Crippen LogP) is 3.61. The van der Waals surface area contributed by atoms with Gasteiger partial charge in [0.15, 0.2) is 11.4 Å². The van der Waals surface area contributed by atoms with Crippen molar-refractivity contribution in [2.75, 3.05) is 6.26 Å². The molecule has 0 saturated carbocycles. The van der Waals surface area contributed by atoms with Crippen LogP contribution in [0, 0.1) is 11.5 Å². The van der Waals surface area contributed by atoms with Crippen LogP contribution in [-0.2, 0) is 0 Å². The van der Waals surface area contributed by atoms with E-state index in [4.69, 9.17) is 5.26 Å². The van der Waals surface area contributed by atoms with Crippen molar-refractivity contribution >= 4 is 34.2 Å². The van der Waals surface area contributed by atoms with Crippen molar-refractivity contribution in [2.24, 2.45) is 4.99 Å². The van der Waals surface area contributed by atoms with Crippen molar-refractivity contribution in [1.82, 2.24) is 5.32 Å². The number of amidine groups is 1. The van der Waals surface area contributed by atoms with Crippen LogP contribution in [0.15, 0.2) is 29.3 Å². The topological polar surface area (TPSA) is 57.4 Å². The lowest BCUT2D eigenvalue weighted by atomic mass is 10.3. The number of thioether (sulfide) groups is 1. The first-order valence-corrected chi connectivity index (χ1v) is 6.78. The zero-order valence-corrected chi connectivity index (χ0v) is 11.7. The van der Waals surface area contributed by atoms with Crippen molar-refractivity contribution in [3.63, 3.8) is 0 Å². The Labute approximate surface area is 122 Å². The minimum atomic E-state index is -4.11. The monoisotopic (exact) mass is 323 g/mol. The third-order valence-electron chi connectivity index (χ3n) is 1.93. The summed E-state index contributed by atoms with van der Waals surface area (Å²) < 4.78 is 42.3. The highest BCUT2D eigenvalue weighted by molar-refractivity contribution is 8.13. The number of alkyl halides is 4. The average molecular weight is 324 g/mol. The fourth-order valence-corrected chi connectivity index (χ4v) is 1.47. The summed E-state index contributed by atoms with van der Waals surface area (Å²) in [7, 11) is 0. The molecule has 1 aromatic rings. The van der Waals surface area contributed by atoms with Crippen LogP contribution in [-0.4, -0.2) is 23.2 Å². The summed E-state index contributed by atoms with van der Waals surface area (Å²) in [6.07, 6.45) is -0.689. The van der Waals surface area contributed by atoms with E-state index in [2.05, 4.69) is 26.6 Å². The predicted molar refractivity (Wildman–Crippen MR) is 72.1 cm³/mol.